The van der Waals surface area contributed by atoms with E-state index in [9.17, 15) is 4.79 Å². The van der Waals surface area contributed by atoms with Crippen molar-refractivity contribution in [3.63, 3.8) is 0 Å². The summed E-state index contributed by atoms with van der Waals surface area (Å²) < 4.78 is 5.43. The van der Waals surface area contributed by atoms with E-state index in [2.05, 4.69) is 18.2 Å². The van der Waals surface area contributed by atoms with Gasteiger partial charge in [0.1, 0.15) is 12.0 Å². The van der Waals surface area contributed by atoms with E-state index in [-0.39, 0.29) is 0 Å². The number of hydrogen-bond acceptors (Lipinski definition) is 2. The van der Waals surface area contributed by atoms with Gasteiger partial charge in [-0.2, -0.15) is 0 Å². The summed E-state index contributed by atoms with van der Waals surface area (Å²) in [5.41, 5.74) is 5.70. The van der Waals surface area contributed by atoms with Crippen molar-refractivity contribution in [2.45, 2.75) is 25.7 Å². The molecule has 2 heteroatoms. The average molecular weight is 266 g/mol. The van der Waals surface area contributed by atoms with Crippen molar-refractivity contribution in [1.29, 1.82) is 0 Å². The number of aldehydes is 1. The van der Waals surface area contributed by atoms with E-state index in [1.807, 2.05) is 12.1 Å². The van der Waals surface area contributed by atoms with E-state index in [1.165, 1.54) is 30.4 Å². The molecule has 0 spiro atoms. The molecule has 0 radical (unpaired) electrons. The highest BCUT2D eigenvalue weighted by Crippen LogP contribution is 2.33. The Morgan fingerprint density at radius 1 is 1.00 bits per heavy atom. The van der Waals surface area contributed by atoms with Crippen LogP contribution in [0.15, 0.2) is 36.4 Å². The molecule has 3 rings (SSSR count). The lowest BCUT2D eigenvalue weighted by Gasteiger charge is -2.17. The van der Waals surface area contributed by atoms with Gasteiger partial charge in [0.2, 0.25) is 0 Å². The Morgan fingerprint density at radius 3 is 2.55 bits per heavy atom. The SMILES string of the molecule is COc1ccc(C=O)cc1-c1ccc2c(c1)CCCC2. The van der Waals surface area contributed by atoms with Gasteiger partial charge in [0.05, 0.1) is 7.11 Å². The summed E-state index contributed by atoms with van der Waals surface area (Å²) in [5, 5.41) is 0. The molecule has 2 aromatic carbocycles. The molecule has 102 valence electrons. The molecule has 2 aromatic rings. The van der Waals surface area contributed by atoms with E-state index in [0.717, 1.165) is 29.6 Å². The summed E-state index contributed by atoms with van der Waals surface area (Å²) in [7, 11) is 1.66. The van der Waals surface area contributed by atoms with Gasteiger partial charge in [-0.05, 0) is 60.6 Å². The molecule has 1 aliphatic rings. The van der Waals surface area contributed by atoms with Gasteiger partial charge in [-0.15, -0.1) is 0 Å². The smallest absolute Gasteiger partial charge is 0.150 e. The molecule has 0 atom stereocenters. The van der Waals surface area contributed by atoms with Crippen LogP contribution >= 0.6 is 0 Å². The standard InChI is InChI=1S/C18H18O2/c1-20-18-9-6-13(12-19)10-17(18)16-8-7-14-4-2-3-5-15(14)11-16/h6-12H,2-5H2,1H3. The number of ether oxygens (including phenoxy) is 1. The predicted octanol–water partition coefficient (Wildman–Crippen LogP) is 4.05. The molecular weight excluding hydrogens is 248 g/mol. The number of benzene rings is 2. The van der Waals surface area contributed by atoms with Gasteiger partial charge >= 0.3 is 0 Å². The summed E-state index contributed by atoms with van der Waals surface area (Å²) >= 11 is 0. The van der Waals surface area contributed by atoms with Crippen molar-refractivity contribution < 1.29 is 9.53 Å². The van der Waals surface area contributed by atoms with Crippen molar-refractivity contribution in [2.75, 3.05) is 7.11 Å². The number of aryl methyl sites for hydroxylation is 2. The van der Waals surface area contributed by atoms with Crippen LogP contribution in [-0.2, 0) is 12.8 Å². The fraction of sp³-hybridized carbons (Fsp3) is 0.278. The topological polar surface area (TPSA) is 26.3 Å². The molecule has 0 aliphatic heterocycles. The van der Waals surface area contributed by atoms with Gasteiger partial charge in [-0.1, -0.05) is 18.2 Å². The van der Waals surface area contributed by atoms with E-state index in [4.69, 9.17) is 4.74 Å². The zero-order valence-corrected chi connectivity index (χ0v) is 11.7. The summed E-state index contributed by atoms with van der Waals surface area (Å²) in [6.07, 6.45) is 5.76. The Labute approximate surface area is 119 Å². The van der Waals surface area contributed by atoms with Gasteiger partial charge in [0, 0.05) is 11.1 Å². The molecule has 0 heterocycles. The molecule has 0 bridgehead atoms. The maximum Gasteiger partial charge on any atom is 0.150 e. The molecule has 0 amide bonds. The first-order valence-corrected chi connectivity index (χ1v) is 7.07. The molecule has 2 nitrogen and oxygen atoms in total. The molecule has 1 aliphatic carbocycles. The van der Waals surface area contributed by atoms with E-state index < -0.39 is 0 Å². The monoisotopic (exact) mass is 266 g/mol. The lowest BCUT2D eigenvalue weighted by atomic mass is 9.89. The Hall–Kier alpha value is -2.09. The van der Waals surface area contributed by atoms with Crippen LogP contribution in [0.4, 0.5) is 0 Å². The second-order valence-corrected chi connectivity index (χ2v) is 5.27. The quantitative estimate of drug-likeness (QED) is 0.783. The van der Waals surface area contributed by atoms with Gasteiger partial charge < -0.3 is 4.74 Å². The van der Waals surface area contributed by atoms with Crippen LogP contribution in [0.5, 0.6) is 5.75 Å². The number of fused-ring (bicyclic) bond motifs is 1. The number of carbonyl (C=O) groups is 1. The minimum absolute atomic E-state index is 0.679. The first-order chi connectivity index (χ1) is 9.81. The van der Waals surface area contributed by atoms with Gasteiger partial charge in [0.15, 0.2) is 0 Å². The first-order valence-electron chi connectivity index (χ1n) is 7.07. The molecule has 0 saturated heterocycles. The minimum Gasteiger partial charge on any atom is -0.496 e. The van der Waals surface area contributed by atoms with Crippen molar-refractivity contribution in [3.05, 3.63) is 53.1 Å². The lowest BCUT2D eigenvalue weighted by Crippen LogP contribution is -2.02. The number of hydrogen-bond donors (Lipinski definition) is 0. The third kappa shape index (κ3) is 2.34. The second kappa shape index (κ2) is 5.49. The molecule has 0 saturated carbocycles. The summed E-state index contributed by atoms with van der Waals surface area (Å²) in [6.45, 7) is 0. The van der Waals surface area contributed by atoms with Crippen molar-refractivity contribution in [3.8, 4) is 16.9 Å². The van der Waals surface area contributed by atoms with Crippen LogP contribution in [0.1, 0.15) is 34.3 Å². The second-order valence-electron chi connectivity index (χ2n) is 5.27. The van der Waals surface area contributed by atoms with Crippen LogP contribution in [-0.4, -0.2) is 13.4 Å². The van der Waals surface area contributed by atoms with Gasteiger partial charge in [-0.3, -0.25) is 4.79 Å². The lowest BCUT2D eigenvalue weighted by molar-refractivity contribution is 0.112. The van der Waals surface area contributed by atoms with E-state index >= 15 is 0 Å². The highest BCUT2D eigenvalue weighted by molar-refractivity contribution is 5.81. The zero-order valence-electron chi connectivity index (χ0n) is 11.7. The predicted molar refractivity (Wildman–Crippen MR) is 80.5 cm³/mol. The fourth-order valence-electron chi connectivity index (χ4n) is 2.93. The Bertz CT molecular complexity index is 644. The number of carbonyl (C=O) groups excluding carboxylic acids is 1. The number of rotatable bonds is 3. The largest absolute Gasteiger partial charge is 0.496 e. The summed E-state index contributed by atoms with van der Waals surface area (Å²) in [5.74, 6) is 0.811. The molecule has 20 heavy (non-hydrogen) atoms. The van der Waals surface area contributed by atoms with Crippen molar-refractivity contribution in [1.82, 2.24) is 0 Å². The zero-order chi connectivity index (χ0) is 13.9. The van der Waals surface area contributed by atoms with Crippen molar-refractivity contribution in [2.24, 2.45) is 0 Å². The van der Waals surface area contributed by atoms with Crippen LogP contribution in [0.25, 0.3) is 11.1 Å². The van der Waals surface area contributed by atoms with Crippen molar-refractivity contribution >= 4 is 6.29 Å². The maximum atomic E-state index is 11.0. The first kappa shape index (κ1) is 12.9. The molecule has 0 N–H and O–H groups in total. The summed E-state index contributed by atoms with van der Waals surface area (Å²) in [6, 6.07) is 12.1. The Balaban J connectivity index is 2.10. The fourth-order valence-corrected chi connectivity index (χ4v) is 2.93. The average Bonchev–Trinajstić information content (AvgIpc) is 2.53. The normalized spacial score (nSPS) is 13.7. The van der Waals surface area contributed by atoms with Crippen LogP contribution in [0, 0.1) is 0 Å². The molecular formula is C18H18O2. The van der Waals surface area contributed by atoms with Gasteiger partial charge in [0.25, 0.3) is 0 Å². The highest BCUT2D eigenvalue weighted by atomic mass is 16.5. The van der Waals surface area contributed by atoms with E-state index in [1.54, 1.807) is 13.2 Å². The van der Waals surface area contributed by atoms with Crippen LogP contribution < -0.4 is 4.74 Å². The summed E-state index contributed by atoms with van der Waals surface area (Å²) in [4.78, 5) is 11.0. The van der Waals surface area contributed by atoms with Crippen LogP contribution in [0.3, 0.4) is 0 Å². The Kier molecular flexibility index (Phi) is 3.55. The highest BCUT2D eigenvalue weighted by Gasteiger charge is 2.12. The van der Waals surface area contributed by atoms with Crippen LogP contribution in [0.2, 0.25) is 0 Å². The number of methoxy groups -OCH3 is 1. The minimum atomic E-state index is 0.679. The Morgan fingerprint density at radius 2 is 1.80 bits per heavy atom. The third-order valence-corrected chi connectivity index (χ3v) is 4.02. The van der Waals surface area contributed by atoms with Gasteiger partial charge in [-0.25, -0.2) is 0 Å². The molecule has 0 fully saturated rings. The molecule has 0 unspecified atom stereocenters. The molecule has 0 aromatic heterocycles. The third-order valence-electron chi connectivity index (χ3n) is 4.02. The van der Waals surface area contributed by atoms with E-state index in [0.29, 0.717) is 5.56 Å². The maximum absolute atomic E-state index is 11.0.